The molecule has 0 spiro atoms. The van der Waals surface area contributed by atoms with Crippen molar-refractivity contribution in [2.75, 3.05) is 11.9 Å². The SMILES string of the molecule is CCOC(=O)c1c(C(F)(F)F)nc2c(CC)cccc2c1NC(C)(C)C. The van der Waals surface area contributed by atoms with Gasteiger partial charge in [0.25, 0.3) is 0 Å². The van der Waals surface area contributed by atoms with E-state index in [1.54, 1.807) is 25.1 Å². The Morgan fingerprint density at radius 2 is 1.85 bits per heavy atom. The van der Waals surface area contributed by atoms with Crippen molar-refractivity contribution in [2.45, 2.75) is 52.8 Å². The lowest BCUT2D eigenvalue weighted by Gasteiger charge is -2.26. The number of fused-ring (bicyclic) bond motifs is 1. The molecule has 4 nitrogen and oxygen atoms in total. The topological polar surface area (TPSA) is 51.2 Å². The number of nitrogens with zero attached hydrogens (tertiary/aromatic N) is 1. The largest absolute Gasteiger partial charge is 0.462 e. The van der Waals surface area contributed by atoms with Crippen molar-refractivity contribution in [1.29, 1.82) is 0 Å². The Bertz CT molecular complexity index is 824. The van der Waals surface area contributed by atoms with Crippen molar-refractivity contribution in [3.63, 3.8) is 0 Å². The van der Waals surface area contributed by atoms with Gasteiger partial charge in [0.1, 0.15) is 5.56 Å². The van der Waals surface area contributed by atoms with Crippen LogP contribution >= 0.6 is 0 Å². The van der Waals surface area contributed by atoms with E-state index in [1.165, 1.54) is 0 Å². The van der Waals surface area contributed by atoms with Crippen LogP contribution in [0.4, 0.5) is 18.9 Å². The van der Waals surface area contributed by atoms with Gasteiger partial charge in [0.05, 0.1) is 17.8 Å². The maximum atomic E-state index is 13.7. The molecule has 2 rings (SSSR count). The molecule has 1 heterocycles. The van der Waals surface area contributed by atoms with Crippen molar-refractivity contribution in [3.05, 3.63) is 35.0 Å². The minimum atomic E-state index is -4.79. The van der Waals surface area contributed by atoms with Crippen molar-refractivity contribution in [1.82, 2.24) is 4.98 Å². The standard InChI is InChI=1S/C19H23F3N2O2/c1-6-11-9-8-10-12-14(11)23-16(19(20,21)22)13(17(25)26-7-2)15(12)24-18(3,4)5/h8-10H,6-7H2,1-5H3,(H,23,24). The number of aromatic nitrogens is 1. The number of aryl methyl sites for hydroxylation is 1. The fourth-order valence-electron chi connectivity index (χ4n) is 2.74. The summed E-state index contributed by atoms with van der Waals surface area (Å²) in [5.41, 5.74) is -1.35. The fraction of sp³-hybridized carbons (Fsp3) is 0.474. The molecule has 0 aliphatic rings. The van der Waals surface area contributed by atoms with Crippen LogP contribution in [0.2, 0.25) is 0 Å². The molecular weight excluding hydrogens is 345 g/mol. The molecule has 1 N–H and O–H groups in total. The van der Waals surface area contributed by atoms with Gasteiger partial charge in [0.2, 0.25) is 0 Å². The van der Waals surface area contributed by atoms with Crippen LogP contribution in [0, 0.1) is 0 Å². The van der Waals surface area contributed by atoms with Crippen molar-refractivity contribution in [3.8, 4) is 0 Å². The number of rotatable bonds is 4. The predicted molar refractivity (Wildman–Crippen MR) is 95.5 cm³/mol. The molecule has 2 aromatic rings. The monoisotopic (exact) mass is 368 g/mol. The fourth-order valence-corrected chi connectivity index (χ4v) is 2.74. The van der Waals surface area contributed by atoms with E-state index in [9.17, 15) is 18.0 Å². The summed E-state index contributed by atoms with van der Waals surface area (Å²) >= 11 is 0. The number of nitrogens with one attached hydrogen (secondary N) is 1. The van der Waals surface area contributed by atoms with E-state index >= 15 is 0 Å². The lowest BCUT2D eigenvalue weighted by atomic mass is 9.99. The van der Waals surface area contributed by atoms with Crippen LogP contribution in [0.3, 0.4) is 0 Å². The molecule has 0 bridgehead atoms. The Morgan fingerprint density at radius 3 is 2.35 bits per heavy atom. The van der Waals surface area contributed by atoms with Gasteiger partial charge in [-0.2, -0.15) is 13.2 Å². The maximum absolute atomic E-state index is 13.7. The van der Waals surface area contributed by atoms with Gasteiger partial charge in [0.15, 0.2) is 5.69 Å². The molecule has 26 heavy (non-hydrogen) atoms. The Balaban J connectivity index is 2.98. The molecular formula is C19H23F3N2O2. The molecule has 0 atom stereocenters. The van der Waals surface area contributed by atoms with Gasteiger partial charge in [-0.1, -0.05) is 25.1 Å². The second kappa shape index (κ2) is 7.13. The van der Waals surface area contributed by atoms with Gasteiger partial charge in [-0.05, 0) is 39.7 Å². The number of benzene rings is 1. The van der Waals surface area contributed by atoms with Crippen LogP contribution in [-0.4, -0.2) is 23.1 Å². The number of para-hydroxylation sites is 1. The molecule has 1 aromatic heterocycles. The van der Waals surface area contributed by atoms with E-state index in [0.29, 0.717) is 17.4 Å². The van der Waals surface area contributed by atoms with E-state index < -0.39 is 28.9 Å². The summed E-state index contributed by atoms with van der Waals surface area (Å²) in [7, 11) is 0. The number of anilines is 1. The summed E-state index contributed by atoms with van der Waals surface area (Å²) in [5.74, 6) is -1.04. The van der Waals surface area contributed by atoms with Crippen LogP contribution in [0.25, 0.3) is 10.9 Å². The first-order chi connectivity index (χ1) is 12.0. The minimum absolute atomic E-state index is 0.0296. The number of pyridine rings is 1. The van der Waals surface area contributed by atoms with Crippen LogP contribution in [0.15, 0.2) is 18.2 Å². The first-order valence-corrected chi connectivity index (χ1v) is 8.47. The number of carbonyl (C=O) groups excluding carboxylic acids is 1. The third-order valence-corrected chi connectivity index (χ3v) is 3.73. The second-order valence-electron chi connectivity index (χ2n) is 6.97. The van der Waals surface area contributed by atoms with E-state index in [1.807, 2.05) is 27.7 Å². The average molecular weight is 368 g/mol. The van der Waals surface area contributed by atoms with Crippen molar-refractivity contribution >= 4 is 22.6 Å². The zero-order valence-electron chi connectivity index (χ0n) is 15.5. The first kappa shape index (κ1) is 20.0. The third kappa shape index (κ3) is 4.08. The van der Waals surface area contributed by atoms with Gasteiger partial charge in [-0.15, -0.1) is 0 Å². The van der Waals surface area contributed by atoms with E-state index in [0.717, 1.165) is 0 Å². The Labute approximate surface area is 150 Å². The Morgan fingerprint density at radius 1 is 1.19 bits per heavy atom. The number of halogens is 3. The summed E-state index contributed by atoms with van der Waals surface area (Å²) in [4.78, 5) is 16.3. The zero-order chi connectivity index (χ0) is 19.7. The van der Waals surface area contributed by atoms with Crippen LogP contribution in [0.5, 0.6) is 0 Å². The summed E-state index contributed by atoms with van der Waals surface area (Å²) < 4.78 is 46.1. The smallest absolute Gasteiger partial charge is 0.434 e. The number of alkyl halides is 3. The highest BCUT2D eigenvalue weighted by atomic mass is 19.4. The van der Waals surface area contributed by atoms with E-state index in [2.05, 4.69) is 10.3 Å². The summed E-state index contributed by atoms with van der Waals surface area (Å²) in [6.45, 7) is 8.80. The van der Waals surface area contributed by atoms with Crippen LogP contribution in [0.1, 0.15) is 56.2 Å². The van der Waals surface area contributed by atoms with Gasteiger partial charge in [-0.25, -0.2) is 9.78 Å². The van der Waals surface area contributed by atoms with Gasteiger partial charge in [-0.3, -0.25) is 0 Å². The maximum Gasteiger partial charge on any atom is 0.434 e. The average Bonchev–Trinajstić information content (AvgIpc) is 2.51. The Kier molecular flexibility index (Phi) is 5.49. The number of esters is 1. The number of carbonyl (C=O) groups is 1. The molecule has 7 heteroatoms. The molecule has 0 unspecified atom stereocenters. The molecule has 0 saturated heterocycles. The lowest BCUT2D eigenvalue weighted by molar-refractivity contribution is -0.141. The number of ether oxygens (including phenoxy) is 1. The second-order valence-corrected chi connectivity index (χ2v) is 6.97. The van der Waals surface area contributed by atoms with Crippen LogP contribution < -0.4 is 5.32 Å². The minimum Gasteiger partial charge on any atom is -0.462 e. The number of hydrogen-bond acceptors (Lipinski definition) is 4. The molecule has 0 saturated carbocycles. The molecule has 0 aliphatic heterocycles. The van der Waals surface area contributed by atoms with Gasteiger partial charge in [0, 0.05) is 10.9 Å². The molecule has 0 aliphatic carbocycles. The lowest BCUT2D eigenvalue weighted by Crippen LogP contribution is -2.29. The molecule has 0 radical (unpaired) electrons. The third-order valence-electron chi connectivity index (χ3n) is 3.73. The predicted octanol–water partition coefficient (Wildman–Crippen LogP) is 5.20. The normalized spacial score (nSPS) is 12.3. The quantitative estimate of drug-likeness (QED) is 0.754. The van der Waals surface area contributed by atoms with Gasteiger partial charge >= 0.3 is 12.1 Å². The summed E-state index contributed by atoms with van der Waals surface area (Å²) in [5, 5.41) is 3.52. The van der Waals surface area contributed by atoms with Gasteiger partial charge < -0.3 is 10.1 Å². The number of hydrogen-bond donors (Lipinski definition) is 1. The molecule has 0 amide bonds. The van der Waals surface area contributed by atoms with Crippen molar-refractivity contribution < 1.29 is 22.7 Å². The molecule has 0 fully saturated rings. The first-order valence-electron chi connectivity index (χ1n) is 8.47. The Hall–Kier alpha value is -2.31. The van der Waals surface area contributed by atoms with E-state index in [-0.39, 0.29) is 17.8 Å². The zero-order valence-corrected chi connectivity index (χ0v) is 15.5. The summed E-state index contributed by atoms with van der Waals surface area (Å²) in [6.07, 6.45) is -4.26. The molecule has 142 valence electrons. The van der Waals surface area contributed by atoms with E-state index in [4.69, 9.17) is 4.74 Å². The highest BCUT2D eigenvalue weighted by Crippen LogP contribution is 2.39. The molecule has 1 aromatic carbocycles. The van der Waals surface area contributed by atoms with Crippen LogP contribution in [-0.2, 0) is 17.3 Å². The summed E-state index contributed by atoms with van der Waals surface area (Å²) in [6, 6.07) is 5.15. The highest BCUT2D eigenvalue weighted by molar-refractivity contribution is 6.07. The van der Waals surface area contributed by atoms with Crippen molar-refractivity contribution in [2.24, 2.45) is 0 Å². The highest BCUT2D eigenvalue weighted by Gasteiger charge is 2.41.